The summed E-state index contributed by atoms with van der Waals surface area (Å²) >= 11 is 0. The molecule has 0 amide bonds. The molecular weight excluding hydrogens is 696 g/mol. The normalized spacial score (nSPS) is 21.0. The quantitative estimate of drug-likeness (QED) is 0.0274. The second-order valence-electron chi connectivity index (χ2n) is 15.5. The highest BCUT2D eigenvalue weighted by Gasteiger charge is 2.44. The molecule has 0 aliphatic carbocycles. The molecule has 1 saturated heterocycles. The van der Waals surface area contributed by atoms with Gasteiger partial charge in [-0.1, -0.05) is 153 Å². The minimum absolute atomic E-state index is 0.119. The molecular formula is C46H84O9. The van der Waals surface area contributed by atoms with Crippen LogP contribution in [0.5, 0.6) is 0 Å². The minimum atomic E-state index is -1.54. The first-order chi connectivity index (χ1) is 26.9. The zero-order valence-electron chi connectivity index (χ0n) is 35.2. The number of carbonyl (C=O) groups is 1. The fourth-order valence-electron chi connectivity index (χ4n) is 6.68. The van der Waals surface area contributed by atoms with E-state index in [-0.39, 0.29) is 19.2 Å². The van der Waals surface area contributed by atoms with E-state index in [2.05, 4.69) is 50.3 Å². The van der Waals surface area contributed by atoms with Crippen molar-refractivity contribution >= 4 is 5.97 Å². The number of hydrogen-bond donors (Lipinski definition) is 4. The van der Waals surface area contributed by atoms with Crippen molar-refractivity contribution in [2.45, 2.75) is 224 Å². The summed E-state index contributed by atoms with van der Waals surface area (Å²) in [5.74, 6) is -0.322. The Labute approximate surface area is 336 Å². The smallest absolute Gasteiger partial charge is 0.306 e. The molecule has 0 aromatic carbocycles. The van der Waals surface area contributed by atoms with E-state index < -0.39 is 43.4 Å². The molecule has 6 atom stereocenters. The first-order valence-corrected chi connectivity index (χ1v) is 22.6. The molecule has 0 bridgehead atoms. The third-order valence-corrected chi connectivity index (χ3v) is 10.3. The van der Waals surface area contributed by atoms with Gasteiger partial charge in [-0.2, -0.15) is 0 Å². The summed E-state index contributed by atoms with van der Waals surface area (Å²) in [5, 5.41) is 40.1. The van der Waals surface area contributed by atoms with E-state index in [0.717, 1.165) is 51.4 Å². The van der Waals surface area contributed by atoms with Gasteiger partial charge in [0.15, 0.2) is 6.29 Å². The molecule has 9 nitrogen and oxygen atoms in total. The van der Waals surface area contributed by atoms with E-state index in [1.807, 2.05) is 0 Å². The number of rotatable bonds is 38. The molecule has 1 heterocycles. The molecule has 0 radical (unpaired) electrons. The standard InChI is InChI=1S/C46H84O9/c1-3-5-7-9-11-13-15-17-19-20-21-23-25-27-29-31-33-35-42(48)54-40(39-53-46-45(51)44(50)43(49)41(37-47)55-46)38-52-36-34-32-30-28-26-24-22-18-16-14-12-10-8-6-4-2/h10,12,16-19,40-41,43-47,49-51H,3-9,11,13-15,20-39H2,1-2H3/b12-10-,18-16-,19-17-. The van der Waals surface area contributed by atoms with Crippen LogP contribution in [0.15, 0.2) is 36.5 Å². The molecule has 1 rings (SSSR count). The zero-order chi connectivity index (χ0) is 40.0. The van der Waals surface area contributed by atoms with Gasteiger partial charge in [-0.3, -0.25) is 4.79 Å². The van der Waals surface area contributed by atoms with Crippen molar-refractivity contribution in [3.05, 3.63) is 36.5 Å². The second kappa shape index (κ2) is 38.0. The van der Waals surface area contributed by atoms with Crippen LogP contribution in [-0.2, 0) is 23.7 Å². The van der Waals surface area contributed by atoms with Crippen molar-refractivity contribution < 1.29 is 44.2 Å². The van der Waals surface area contributed by atoms with Gasteiger partial charge in [-0.15, -0.1) is 0 Å². The highest BCUT2D eigenvalue weighted by atomic mass is 16.7. The van der Waals surface area contributed by atoms with Crippen LogP contribution < -0.4 is 0 Å². The Morgan fingerprint density at radius 1 is 0.582 bits per heavy atom. The van der Waals surface area contributed by atoms with Gasteiger partial charge in [-0.05, 0) is 64.2 Å². The summed E-state index contributed by atoms with van der Waals surface area (Å²) in [4.78, 5) is 12.8. The number of carbonyl (C=O) groups excluding carboxylic acids is 1. The Morgan fingerprint density at radius 3 is 1.64 bits per heavy atom. The van der Waals surface area contributed by atoms with Gasteiger partial charge in [0.25, 0.3) is 0 Å². The zero-order valence-corrected chi connectivity index (χ0v) is 35.2. The van der Waals surface area contributed by atoms with E-state index in [4.69, 9.17) is 18.9 Å². The van der Waals surface area contributed by atoms with Crippen LogP contribution in [0.1, 0.15) is 187 Å². The van der Waals surface area contributed by atoms with Crippen LogP contribution in [-0.4, -0.2) is 89.6 Å². The first kappa shape index (κ1) is 51.4. The second-order valence-corrected chi connectivity index (χ2v) is 15.5. The third-order valence-electron chi connectivity index (χ3n) is 10.3. The summed E-state index contributed by atoms with van der Waals surface area (Å²) < 4.78 is 22.8. The molecule has 1 fully saturated rings. The lowest BCUT2D eigenvalue weighted by molar-refractivity contribution is -0.305. The topological polar surface area (TPSA) is 135 Å². The Hall–Kier alpha value is -1.59. The fourth-order valence-corrected chi connectivity index (χ4v) is 6.68. The maximum absolute atomic E-state index is 12.8. The predicted molar refractivity (Wildman–Crippen MR) is 224 cm³/mol. The average Bonchev–Trinajstić information content (AvgIpc) is 3.18. The lowest BCUT2D eigenvalue weighted by atomic mass is 9.99. The Bertz CT molecular complexity index is 936. The highest BCUT2D eigenvalue weighted by Crippen LogP contribution is 2.22. The van der Waals surface area contributed by atoms with Crippen LogP contribution in [0.3, 0.4) is 0 Å². The van der Waals surface area contributed by atoms with Crippen LogP contribution in [0, 0.1) is 0 Å². The number of ether oxygens (including phenoxy) is 4. The van der Waals surface area contributed by atoms with Crippen LogP contribution >= 0.6 is 0 Å². The summed E-state index contributed by atoms with van der Waals surface area (Å²) in [6, 6.07) is 0. The van der Waals surface area contributed by atoms with Crippen molar-refractivity contribution in [3.63, 3.8) is 0 Å². The Balaban J connectivity index is 2.27. The maximum Gasteiger partial charge on any atom is 0.306 e. The van der Waals surface area contributed by atoms with Gasteiger partial charge in [0.05, 0.1) is 19.8 Å². The molecule has 4 N–H and O–H groups in total. The van der Waals surface area contributed by atoms with Crippen LogP contribution in [0.2, 0.25) is 0 Å². The average molecular weight is 781 g/mol. The van der Waals surface area contributed by atoms with Crippen LogP contribution in [0.4, 0.5) is 0 Å². The monoisotopic (exact) mass is 781 g/mol. The highest BCUT2D eigenvalue weighted by molar-refractivity contribution is 5.69. The molecule has 1 aliphatic heterocycles. The van der Waals surface area contributed by atoms with Gasteiger partial charge in [0.1, 0.15) is 30.5 Å². The summed E-state index contributed by atoms with van der Waals surface area (Å²) in [6.07, 6.45) is 37.3. The molecule has 9 heteroatoms. The van der Waals surface area contributed by atoms with Crippen molar-refractivity contribution in [2.24, 2.45) is 0 Å². The molecule has 6 unspecified atom stereocenters. The van der Waals surface area contributed by atoms with Crippen molar-refractivity contribution in [3.8, 4) is 0 Å². The molecule has 55 heavy (non-hydrogen) atoms. The lowest BCUT2D eigenvalue weighted by Gasteiger charge is -2.39. The number of allylic oxidation sites excluding steroid dienone is 6. The number of hydrogen-bond acceptors (Lipinski definition) is 9. The van der Waals surface area contributed by atoms with E-state index in [1.54, 1.807) is 0 Å². The van der Waals surface area contributed by atoms with E-state index >= 15 is 0 Å². The van der Waals surface area contributed by atoms with Gasteiger partial charge >= 0.3 is 5.97 Å². The van der Waals surface area contributed by atoms with Gasteiger partial charge in [-0.25, -0.2) is 0 Å². The number of unbranched alkanes of at least 4 members (excludes halogenated alkanes) is 21. The Morgan fingerprint density at radius 2 is 1.07 bits per heavy atom. The van der Waals surface area contributed by atoms with Crippen molar-refractivity contribution in [2.75, 3.05) is 26.4 Å². The molecule has 0 aromatic rings. The minimum Gasteiger partial charge on any atom is -0.457 e. The molecule has 1 aliphatic rings. The molecule has 0 saturated carbocycles. The summed E-state index contributed by atoms with van der Waals surface area (Å²) in [5.41, 5.74) is 0. The number of aliphatic hydroxyl groups is 4. The van der Waals surface area contributed by atoms with E-state index in [1.165, 1.54) is 116 Å². The van der Waals surface area contributed by atoms with Crippen molar-refractivity contribution in [1.29, 1.82) is 0 Å². The van der Waals surface area contributed by atoms with Gasteiger partial charge in [0.2, 0.25) is 0 Å². The molecule has 0 spiro atoms. The van der Waals surface area contributed by atoms with E-state index in [9.17, 15) is 25.2 Å². The van der Waals surface area contributed by atoms with Crippen LogP contribution in [0.25, 0.3) is 0 Å². The number of esters is 1. The molecule has 0 aromatic heterocycles. The molecule has 322 valence electrons. The summed E-state index contributed by atoms with van der Waals surface area (Å²) in [6.45, 7) is 4.49. The maximum atomic E-state index is 12.8. The fraction of sp³-hybridized carbons (Fsp3) is 0.848. The lowest BCUT2D eigenvalue weighted by Crippen LogP contribution is -2.59. The van der Waals surface area contributed by atoms with Crippen molar-refractivity contribution in [1.82, 2.24) is 0 Å². The number of aliphatic hydroxyl groups excluding tert-OH is 4. The Kier molecular flexibility index (Phi) is 35.5. The van der Waals surface area contributed by atoms with Gasteiger partial charge in [0, 0.05) is 13.0 Å². The predicted octanol–water partition coefficient (Wildman–Crippen LogP) is 9.97. The summed E-state index contributed by atoms with van der Waals surface area (Å²) in [7, 11) is 0. The first-order valence-electron chi connectivity index (χ1n) is 22.6. The largest absolute Gasteiger partial charge is 0.457 e. The third kappa shape index (κ3) is 29.3. The van der Waals surface area contributed by atoms with E-state index in [0.29, 0.717) is 13.0 Å². The van der Waals surface area contributed by atoms with Gasteiger partial charge < -0.3 is 39.4 Å². The SMILES string of the molecule is CCCC/C=C\C/C=C\CCCCCCCCOCC(COC1OC(CO)C(O)C(O)C1O)OC(=O)CCCCCCCCC/C=C\CCCCCCCC.